The Hall–Kier alpha value is -0.610. The van der Waals surface area contributed by atoms with Gasteiger partial charge in [-0.15, -0.1) is 0 Å². The van der Waals surface area contributed by atoms with E-state index in [1.165, 1.54) is 0 Å². The average molecular weight is 230 g/mol. The highest BCUT2D eigenvalue weighted by molar-refractivity contribution is 5.75. The third kappa shape index (κ3) is 8.68. The van der Waals surface area contributed by atoms with E-state index in [0.717, 1.165) is 12.8 Å². The van der Waals surface area contributed by atoms with E-state index in [4.69, 9.17) is 10.5 Å². The van der Waals surface area contributed by atoms with Crippen molar-refractivity contribution >= 4 is 5.91 Å². The Bertz CT molecular complexity index is 195. The Morgan fingerprint density at radius 3 is 2.50 bits per heavy atom. The van der Waals surface area contributed by atoms with Gasteiger partial charge in [-0.1, -0.05) is 13.8 Å². The minimum atomic E-state index is 0.0584. The second-order valence-electron chi connectivity index (χ2n) is 4.78. The van der Waals surface area contributed by atoms with Crippen molar-refractivity contribution in [3.63, 3.8) is 0 Å². The largest absolute Gasteiger partial charge is 0.382 e. The van der Waals surface area contributed by atoms with E-state index >= 15 is 0 Å². The molecule has 0 fully saturated rings. The van der Waals surface area contributed by atoms with Gasteiger partial charge in [0.2, 0.25) is 5.91 Å². The minimum absolute atomic E-state index is 0.0584. The van der Waals surface area contributed by atoms with Gasteiger partial charge in [0.1, 0.15) is 0 Å². The Morgan fingerprint density at radius 1 is 1.38 bits per heavy atom. The molecule has 4 nitrogen and oxygen atoms in total. The summed E-state index contributed by atoms with van der Waals surface area (Å²) in [5, 5.41) is 2.85. The van der Waals surface area contributed by atoms with Crippen LogP contribution in [0.1, 0.15) is 40.0 Å². The van der Waals surface area contributed by atoms with Crippen LogP contribution in [0.4, 0.5) is 0 Å². The molecule has 0 spiro atoms. The summed E-state index contributed by atoms with van der Waals surface area (Å²) in [5.41, 5.74) is 5.87. The molecule has 0 saturated heterocycles. The first-order valence-electron chi connectivity index (χ1n) is 6.00. The van der Waals surface area contributed by atoms with Gasteiger partial charge in [-0.25, -0.2) is 0 Å². The number of carbonyl (C=O) groups excluding carboxylic acids is 1. The number of hydrogen-bond acceptors (Lipinski definition) is 3. The molecule has 0 aliphatic carbocycles. The highest BCUT2D eigenvalue weighted by atomic mass is 16.5. The van der Waals surface area contributed by atoms with Crippen LogP contribution in [0.25, 0.3) is 0 Å². The molecule has 0 aliphatic heterocycles. The summed E-state index contributed by atoms with van der Waals surface area (Å²) in [6.45, 7) is 6.78. The number of nitrogens with one attached hydrogen (secondary N) is 1. The van der Waals surface area contributed by atoms with E-state index in [2.05, 4.69) is 19.2 Å². The number of rotatable bonds is 8. The van der Waals surface area contributed by atoms with Crippen molar-refractivity contribution in [3.8, 4) is 0 Å². The lowest BCUT2D eigenvalue weighted by Gasteiger charge is -2.15. The van der Waals surface area contributed by atoms with Gasteiger partial charge in [-0.3, -0.25) is 4.79 Å². The molecule has 0 bridgehead atoms. The summed E-state index contributed by atoms with van der Waals surface area (Å²) in [6.07, 6.45) is 2.33. The molecule has 0 heterocycles. The molecule has 0 rings (SSSR count). The van der Waals surface area contributed by atoms with Crippen molar-refractivity contribution in [2.24, 2.45) is 11.7 Å². The zero-order valence-corrected chi connectivity index (χ0v) is 11.0. The lowest BCUT2D eigenvalue weighted by molar-refractivity contribution is -0.121. The maximum Gasteiger partial charge on any atom is 0.220 e. The molecule has 96 valence electrons. The fraction of sp³-hybridized carbons (Fsp3) is 0.917. The molecule has 1 amide bonds. The number of ether oxygens (including phenoxy) is 1. The number of carbonyl (C=O) groups is 1. The lowest BCUT2D eigenvalue weighted by Crippen LogP contribution is -2.38. The zero-order chi connectivity index (χ0) is 12.6. The first kappa shape index (κ1) is 15.4. The van der Waals surface area contributed by atoms with Crippen LogP contribution in [-0.4, -0.2) is 31.7 Å². The molecule has 2 unspecified atom stereocenters. The molecule has 0 saturated carbocycles. The van der Waals surface area contributed by atoms with Crippen molar-refractivity contribution in [2.75, 3.05) is 13.7 Å². The van der Waals surface area contributed by atoms with Crippen LogP contribution in [0.2, 0.25) is 0 Å². The van der Waals surface area contributed by atoms with E-state index in [1.807, 2.05) is 6.92 Å². The third-order valence-electron chi connectivity index (χ3n) is 2.52. The first-order chi connectivity index (χ1) is 7.45. The van der Waals surface area contributed by atoms with Gasteiger partial charge in [0, 0.05) is 26.1 Å². The summed E-state index contributed by atoms with van der Waals surface area (Å²) in [7, 11) is 1.65. The van der Waals surface area contributed by atoms with Crippen LogP contribution in [0.5, 0.6) is 0 Å². The molecular formula is C12H26N2O2. The second kappa shape index (κ2) is 8.53. The maximum absolute atomic E-state index is 11.4. The Morgan fingerprint density at radius 2 is 2.00 bits per heavy atom. The summed E-state index contributed by atoms with van der Waals surface area (Å²) in [5.74, 6) is 0.628. The summed E-state index contributed by atoms with van der Waals surface area (Å²) >= 11 is 0. The Labute approximate surface area is 98.9 Å². The first-order valence-corrected chi connectivity index (χ1v) is 6.00. The van der Waals surface area contributed by atoms with Crippen LogP contribution < -0.4 is 11.1 Å². The highest BCUT2D eigenvalue weighted by Gasteiger charge is 2.09. The van der Waals surface area contributed by atoms with E-state index in [1.54, 1.807) is 7.11 Å². The van der Waals surface area contributed by atoms with Crippen LogP contribution in [0, 0.1) is 5.92 Å². The normalized spacial score (nSPS) is 14.9. The fourth-order valence-corrected chi connectivity index (χ4v) is 1.47. The maximum atomic E-state index is 11.4. The predicted octanol–water partition coefficient (Wildman–Crippen LogP) is 1.29. The molecule has 3 N–H and O–H groups in total. The van der Waals surface area contributed by atoms with Gasteiger partial charge >= 0.3 is 0 Å². The quantitative estimate of drug-likeness (QED) is 0.660. The van der Waals surface area contributed by atoms with E-state index < -0.39 is 0 Å². The summed E-state index contributed by atoms with van der Waals surface area (Å²) in [4.78, 5) is 11.4. The number of nitrogens with two attached hydrogens (primary N) is 1. The van der Waals surface area contributed by atoms with Gasteiger partial charge < -0.3 is 15.8 Å². The minimum Gasteiger partial charge on any atom is -0.382 e. The van der Waals surface area contributed by atoms with Crippen molar-refractivity contribution in [1.29, 1.82) is 0 Å². The smallest absolute Gasteiger partial charge is 0.220 e. The van der Waals surface area contributed by atoms with Gasteiger partial charge in [0.05, 0.1) is 6.10 Å². The zero-order valence-electron chi connectivity index (χ0n) is 11.0. The Balaban J connectivity index is 3.57. The van der Waals surface area contributed by atoms with Crippen molar-refractivity contribution < 1.29 is 9.53 Å². The van der Waals surface area contributed by atoms with Gasteiger partial charge in [-0.2, -0.15) is 0 Å². The van der Waals surface area contributed by atoms with Gasteiger partial charge in [0.15, 0.2) is 0 Å². The molecule has 0 aliphatic rings. The molecule has 4 heteroatoms. The van der Waals surface area contributed by atoms with Crippen molar-refractivity contribution in [3.05, 3.63) is 0 Å². The van der Waals surface area contributed by atoms with E-state index in [-0.39, 0.29) is 18.1 Å². The van der Waals surface area contributed by atoms with Gasteiger partial charge in [-0.05, 0) is 25.7 Å². The SMILES string of the molecule is COC(C)CCC(=O)NCC(N)CC(C)C. The predicted molar refractivity (Wildman–Crippen MR) is 66.1 cm³/mol. The average Bonchev–Trinajstić information content (AvgIpc) is 2.22. The number of methoxy groups -OCH3 is 1. The fourth-order valence-electron chi connectivity index (χ4n) is 1.47. The van der Waals surface area contributed by atoms with Crippen molar-refractivity contribution in [2.45, 2.75) is 52.2 Å². The molecular weight excluding hydrogens is 204 g/mol. The molecule has 2 atom stereocenters. The second-order valence-corrected chi connectivity index (χ2v) is 4.78. The molecule has 0 aromatic carbocycles. The molecule has 0 radical (unpaired) electrons. The molecule has 16 heavy (non-hydrogen) atoms. The standard InChI is InChI=1S/C12H26N2O2/c1-9(2)7-11(13)8-14-12(15)6-5-10(3)16-4/h9-11H,5-8,13H2,1-4H3,(H,14,15). The summed E-state index contributed by atoms with van der Waals surface area (Å²) in [6, 6.07) is 0.0591. The topological polar surface area (TPSA) is 64.3 Å². The van der Waals surface area contributed by atoms with Crippen LogP contribution >= 0.6 is 0 Å². The van der Waals surface area contributed by atoms with Crippen LogP contribution in [0.3, 0.4) is 0 Å². The molecule has 0 aromatic heterocycles. The van der Waals surface area contributed by atoms with Crippen LogP contribution in [-0.2, 0) is 9.53 Å². The lowest BCUT2D eigenvalue weighted by atomic mass is 10.0. The van der Waals surface area contributed by atoms with E-state index in [9.17, 15) is 4.79 Å². The third-order valence-corrected chi connectivity index (χ3v) is 2.52. The Kier molecular flexibility index (Phi) is 8.21. The van der Waals surface area contributed by atoms with Crippen molar-refractivity contribution in [1.82, 2.24) is 5.32 Å². The molecule has 0 aromatic rings. The van der Waals surface area contributed by atoms with Gasteiger partial charge in [0.25, 0.3) is 0 Å². The monoisotopic (exact) mass is 230 g/mol. The van der Waals surface area contributed by atoms with E-state index in [0.29, 0.717) is 18.9 Å². The number of amides is 1. The highest BCUT2D eigenvalue weighted by Crippen LogP contribution is 2.02. The van der Waals surface area contributed by atoms with Crippen LogP contribution in [0.15, 0.2) is 0 Å². The number of hydrogen-bond donors (Lipinski definition) is 2. The summed E-state index contributed by atoms with van der Waals surface area (Å²) < 4.78 is 5.07.